The fourth-order valence-electron chi connectivity index (χ4n) is 6.48. The zero-order valence-corrected chi connectivity index (χ0v) is 35.0. The predicted octanol–water partition coefficient (Wildman–Crippen LogP) is 4.46. The lowest BCUT2D eigenvalue weighted by atomic mass is 10.00. The van der Waals surface area contributed by atoms with Gasteiger partial charge in [-0.25, -0.2) is 4.39 Å². The molecule has 16 nitrogen and oxygen atoms in total. The molecule has 0 aliphatic carbocycles. The van der Waals surface area contributed by atoms with E-state index in [2.05, 4.69) is 5.32 Å². The summed E-state index contributed by atoms with van der Waals surface area (Å²) < 4.78 is 43.7. The predicted molar refractivity (Wildman–Crippen MR) is 214 cm³/mol. The van der Waals surface area contributed by atoms with Gasteiger partial charge in [0.05, 0.1) is 51.2 Å². The van der Waals surface area contributed by atoms with Crippen molar-refractivity contribution in [2.75, 3.05) is 33.9 Å². The van der Waals surface area contributed by atoms with Gasteiger partial charge in [0.1, 0.15) is 24.0 Å². The first-order chi connectivity index (χ1) is 28.4. The Morgan fingerprint density at radius 3 is 2.20 bits per heavy atom. The number of imide groups is 1. The summed E-state index contributed by atoms with van der Waals surface area (Å²) in [7, 11) is 2.81. The van der Waals surface area contributed by atoms with Crippen LogP contribution in [0.3, 0.4) is 0 Å². The van der Waals surface area contributed by atoms with Crippen molar-refractivity contribution in [3.8, 4) is 17.2 Å². The number of rotatable bonds is 19. The molecule has 2 aliphatic rings. The molecular formula is C42H48FN3O13S. The first kappa shape index (κ1) is 45.2. The van der Waals surface area contributed by atoms with Gasteiger partial charge in [-0.3, -0.25) is 38.5 Å². The summed E-state index contributed by atoms with van der Waals surface area (Å²) >= 11 is 1.02. The number of methoxy groups -OCH3 is 2. The topological polar surface area (TPSA) is 204 Å². The Balaban J connectivity index is 1.12. The van der Waals surface area contributed by atoms with E-state index in [1.165, 1.54) is 33.3 Å². The van der Waals surface area contributed by atoms with Crippen LogP contribution in [0, 0.1) is 5.82 Å². The number of carbonyl (C=O) groups excluding carboxylic acids is 7. The number of amides is 4. The molecule has 2 aromatic carbocycles. The van der Waals surface area contributed by atoms with Crippen LogP contribution in [0.5, 0.6) is 17.2 Å². The van der Waals surface area contributed by atoms with Crippen LogP contribution in [0.25, 0.3) is 10.1 Å². The molecule has 0 fully saturated rings. The van der Waals surface area contributed by atoms with Crippen LogP contribution < -0.4 is 19.5 Å². The van der Waals surface area contributed by atoms with Gasteiger partial charge in [-0.05, 0) is 57.0 Å². The molecule has 0 radical (unpaired) electrons. The number of carbonyl (C=O) groups is 7. The summed E-state index contributed by atoms with van der Waals surface area (Å²) in [6.45, 7) is 6.71. The van der Waals surface area contributed by atoms with E-state index in [0.717, 1.165) is 39.5 Å². The summed E-state index contributed by atoms with van der Waals surface area (Å²) in [5, 5.41) is 13.8. The normalized spacial score (nSPS) is 14.5. The Kier molecular flexibility index (Phi) is 14.7. The number of thiophene rings is 1. The Hall–Kier alpha value is -5.88. The van der Waals surface area contributed by atoms with Gasteiger partial charge in [0, 0.05) is 66.2 Å². The van der Waals surface area contributed by atoms with Crippen LogP contribution in [0.4, 0.5) is 4.39 Å². The highest BCUT2D eigenvalue weighted by Crippen LogP contribution is 2.41. The summed E-state index contributed by atoms with van der Waals surface area (Å²) in [5.74, 6) is -4.12. The number of aliphatic hydroxyl groups is 1. The molecule has 60 heavy (non-hydrogen) atoms. The second-order valence-corrected chi connectivity index (χ2v) is 16.3. The number of Topliss-reactive ketones (excluding diaryl/α,β-unsaturated/α-hetero) is 1. The highest BCUT2D eigenvalue weighted by molar-refractivity contribution is 7.20. The smallest absolute Gasteiger partial charge is 0.306 e. The van der Waals surface area contributed by atoms with Crippen molar-refractivity contribution in [3.63, 3.8) is 0 Å². The van der Waals surface area contributed by atoms with Crippen molar-refractivity contribution in [1.82, 2.24) is 15.1 Å². The van der Waals surface area contributed by atoms with E-state index in [-0.39, 0.29) is 79.5 Å². The molecule has 2 atom stereocenters. The SMILES string of the molecule is COc1cc2c(cc1C(O)CCOc1c(OC)cc3sc(C(=O)CCC(=O)O[C@@H](C)CNC(=O)CN4C(=O)C=CC4=O)cc3c1F)CN(C(=O)CCC(=O)OC(C)(C)C)C2. The maximum atomic E-state index is 15.9. The van der Waals surface area contributed by atoms with E-state index < -0.39 is 65.6 Å². The summed E-state index contributed by atoms with van der Waals surface area (Å²) in [6.07, 6.45) is -0.257. The average Bonchev–Trinajstić information content (AvgIpc) is 3.91. The summed E-state index contributed by atoms with van der Waals surface area (Å²) in [4.78, 5) is 88.5. The lowest BCUT2D eigenvalue weighted by molar-refractivity contribution is -0.156. The van der Waals surface area contributed by atoms with Gasteiger partial charge >= 0.3 is 11.9 Å². The molecule has 5 rings (SSSR count). The zero-order chi connectivity index (χ0) is 43.9. The van der Waals surface area contributed by atoms with Gasteiger partial charge in [-0.2, -0.15) is 0 Å². The number of esters is 2. The highest BCUT2D eigenvalue weighted by atomic mass is 32.1. The van der Waals surface area contributed by atoms with Crippen LogP contribution in [0.2, 0.25) is 0 Å². The van der Waals surface area contributed by atoms with E-state index in [0.29, 0.717) is 22.6 Å². The van der Waals surface area contributed by atoms with E-state index >= 15 is 4.39 Å². The monoisotopic (exact) mass is 853 g/mol. The number of hydrogen-bond donors (Lipinski definition) is 2. The molecule has 1 aromatic heterocycles. The van der Waals surface area contributed by atoms with Crippen molar-refractivity contribution >= 4 is 62.8 Å². The molecule has 3 aromatic rings. The van der Waals surface area contributed by atoms with E-state index in [9.17, 15) is 38.7 Å². The van der Waals surface area contributed by atoms with Crippen LogP contribution >= 0.6 is 11.3 Å². The minimum Gasteiger partial charge on any atom is -0.496 e. The third-order valence-electron chi connectivity index (χ3n) is 9.44. The number of ether oxygens (including phenoxy) is 5. The van der Waals surface area contributed by atoms with E-state index in [1.54, 1.807) is 37.8 Å². The lowest BCUT2D eigenvalue weighted by Crippen LogP contribution is -2.42. The molecule has 18 heteroatoms. The fraction of sp³-hybridized carbons (Fsp3) is 0.452. The van der Waals surface area contributed by atoms with Gasteiger partial charge in [0.2, 0.25) is 11.8 Å². The Bertz CT molecular complexity index is 2190. The number of nitrogens with one attached hydrogen (secondary N) is 1. The molecule has 4 amide bonds. The highest BCUT2D eigenvalue weighted by Gasteiger charge is 2.29. The Labute approximate surface area is 349 Å². The number of aliphatic hydroxyl groups excluding tert-OH is 1. The minimum atomic E-state index is -1.09. The fourth-order valence-corrected chi connectivity index (χ4v) is 7.53. The van der Waals surface area contributed by atoms with Crippen molar-refractivity contribution in [2.24, 2.45) is 0 Å². The second kappa shape index (κ2) is 19.5. The number of nitrogens with zero attached hydrogens (tertiary/aromatic N) is 2. The first-order valence-electron chi connectivity index (χ1n) is 19.2. The number of hydrogen-bond acceptors (Lipinski definition) is 14. The molecule has 3 heterocycles. The lowest BCUT2D eigenvalue weighted by Gasteiger charge is -2.20. The van der Waals surface area contributed by atoms with Crippen LogP contribution in [-0.4, -0.2) is 102 Å². The molecule has 322 valence electrons. The zero-order valence-electron chi connectivity index (χ0n) is 34.2. The van der Waals surface area contributed by atoms with Gasteiger partial charge in [-0.15, -0.1) is 11.3 Å². The molecule has 2 N–H and O–H groups in total. The maximum absolute atomic E-state index is 15.9. The Morgan fingerprint density at radius 1 is 0.900 bits per heavy atom. The van der Waals surface area contributed by atoms with Crippen LogP contribution in [-0.2, 0) is 51.3 Å². The molecule has 1 unspecified atom stereocenters. The first-order valence-corrected chi connectivity index (χ1v) is 20.0. The van der Waals surface area contributed by atoms with Crippen molar-refractivity contribution < 1.29 is 66.7 Å². The van der Waals surface area contributed by atoms with Crippen molar-refractivity contribution in [3.05, 3.63) is 63.8 Å². The van der Waals surface area contributed by atoms with Gasteiger partial charge in [0.25, 0.3) is 11.8 Å². The Morgan fingerprint density at radius 2 is 1.55 bits per heavy atom. The van der Waals surface area contributed by atoms with Crippen molar-refractivity contribution in [2.45, 2.75) is 90.7 Å². The third kappa shape index (κ3) is 11.4. The standard InChI is InChI=1S/C42H48FN3O13S/c1-23(19-44-34(49)22-46-36(51)8-9-37(46)52)58-38(53)11-7-29(48)33-17-27-32(60-33)18-31(56-6)41(40(27)43)57-14-13-28(47)26-15-24-20-45(21-25(24)16-30(26)55-5)35(50)10-12-39(54)59-42(2,3)4/h8-9,15-18,23,28,47H,7,10-14,19-22H2,1-6H3,(H,44,49)/t23-,28?/m0/s1. The van der Waals surface area contributed by atoms with Crippen molar-refractivity contribution in [1.29, 1.82) is 0 Å². The van der Waals surface area contributed by atoms with Crippen LogP contribution in [0.1, 0.15) is 92.3 Å². The van der Waals surface area contributed by atoms with Gasteiger partial charge in [-0.1, -0.05) is 0 Å². The van der Waals surface area contributed by atoms with E-state index in [4.69, 9.17) is 23.7 Å². The molecule has 0 bridgehead atoms. The maximum Gasteiger partial charge on any atom is 0.306 e. The van der Waals surface area contributed by atoms with Gasteiger partial charge < -0.3 is 39.0 Å². The second-order valence-electron chi connectivity index (χ2n) is 15.2. The molecule has 2 aliphatic heterocycles. The summed E-state index contributed by atoms with van der Waals surface area (Å²) in [5.41, 5.74) is 1.47. The van der Waals surface area contributed by atoms with E-state index in [1.807, 2.05) is 0 Å². The third-order valence-corrected chi connectivity index (χ3v) is 10.6. The molecule has 0 saturated heterocycles. The number of halogens is 1. The molecule has 0 spiro atoms. The largest absolute Gasteiger partial charge is 0.496 e. The molecule has 0 saturated carbocycles. The summed E-state index contributed by atoms with van der Waals surface area (Å²) in [6, 6.07) is 6.43. The quantitative estimate of drug-likeness (QED) is 0.0973. The number of fused-ring (bicyclic) bond motifs is 2. The average molecular weight is 854 g/mol. The molecular weight excluding hydrogens is 806 g/mol. The van der Waals surface area contributed by atoms with Gasteiger partial charge in [0.15, 0.2) is 23.1 Å². The minimum absolute atomic E-state index is 0.000217. The number of benzene rings is 2. The number of ketones is 1. The van der Waals surface area contributed by atoms with Crippen LogP contribution in [0.15, 0.2) is 36.4 Å².